The first-order chi connectivity index (χ1) is 7.60. The topological polar surface area (TPSA) is 12.0 Å². The summed E-state index contributed by atoms with van der Waals surface area (Å²) in [7, 11) is 0. The third kappa shape index (κ3) is 3.57. The largest absolute Gasteiger partial charge is 0.310 e. The average molecular weight is 349 g/mol. The van der Waals surface area contributed by atoms with Crippen molar-refractivity contribution in [1.29, 1.82) is 0 Å². The van der Waals surface area contributed by atoms with Crippen LogP contribution in [0.4, 0.5) is 0 Å². The molecule has 1 atom stereocenters. The first kappa shape index (κ1) is 14.2. The predicted molar refractivity (Wildman–Crippen MR) is 77.9 cm³/mol. The van der Waals surface area contributed by atoms with E-state index in [0.29, 0.717) is 6.04 Å². The monoisotopic (exact) mass is 347 g/mol. The molecule has 1 N–H and O–H groups in total. The maximum atomic E-state index is 3.65. The van der Waals surface area contributed by atoms with Crippen molar-refractivity contribution < 1.29 is 0 Å². The standard InChI is InChI=1S/C13H19Br2N/c1-4-6-16-13(5-2)10-8-11(14)9(3)7-12(10)15/h7-8,13,16H,4-6H2,1-3H3. The van der Waals surface area contributed by atoms with Crippen LogP contribution in [0.5, 0.6) is 0 Å². The Bertz CT molecular complexity index is 350. The number of halogens is 2. The number of rotatable bonds is 5. The molecule has 1 aromatic carbocycles. The van der Waals surface area contributed by atoms with Crippen LogP contribution in [0.1, 0.15) is 43.9 Å². The quantitative estimate of drug-likeness (QED) is 0.791. The van der Waals surface area contributed by atoms with E-state index >= 15 is 0 Å². The Morgan fingerprint density at radius 3 is 2.44 bits per heavy atom. The zero-order valence-corrected chi connectivity index (χ0v) is 13.3. The third-order valence-corrected chi connectivity index (χ3v) is 4.24. The molecule has 1 unspecified atom stereocenters. The molecule has 0 amide bonds. The molecule has 1 nitrogen and oxygen atoms in total. The molecule has 0 saturated heterocycles. The third-order valence-electron chi connectivity index (χ3n) is 2.70. The van der Waals surface area contributed by atoms with Crippen molar-refractivity contribution in [1.82, 2.24) is 5.32 Å². The maximum absolute atomic E-state index is 3.65. The van der Waals surface area contributed by atoms with Crippen molar-refractivity contribution in [2.75, 3.05) is 6.54 Å². The Balaban J connectivity index is 2.95. The van der Waals surface area contributed by atoms with Gasteiger partial charge in [-0.05, 0) is 49.6 Å². The summed E-state index contributed by atoms with van der Waals surface area (Å²) in [6, 6.07) is 4.83. The van der Waals surface area contributed by atoms with E-state index in [1.807, 2.05) is 0 Å². The molecule has 0 aromatic heterocycles. The van der Waals surface area contributed by atoms with Crippen LogP contribution in [0.2, 0.25) is 0 Å². The molecule has 1 rings (SSSR count). The number of benzene rings is 1. The van der Waals surface area contributed by atoms with Crippen LogP contribution in [0.3, 0.4) is 0 Å². The van der Waals surface area contributed by atoms with Gasteiger partial charge in [-0.2, -0.15) is 0 Å². The highest BCUT2D eigenvalue weighted by Crippen LogP contribution is 2.31. The molecule has 1 aromatic rings. The molecule has 0 heterocycles. The van der Waals surface area contributed by atoms with Gasteiger partial charge in [-0.3, -0.25) is 0 Å². The molecule has 0 aliphatic heterocycles. The molecule has 0 aliphatic carbocycles. The number of hydrogen-bond donors (Lipinski definition) is 1. The van der Waals surface area contributed by atoms with Crippen LogP contribution in [0.25, 0.3) is 0 Å². The van der Waals surface area contributed by atoms with E-state index in [4.69, 9.17) is 0 Å². The lowest BCUT2D eigenvalue weighted by Gasteiger charge is -2.19. The highest BCUT2D eigenvalue weighted by molar-refractivity contribution is 9.11. The van der Waals surface area contributed by atoms with E-state index in [1.165, 1.54) is 26.5 Å². The van der Waals surface area contributed by atoms with Gasteiger partial charge in [0.05, 0.1) is 0 Å². The highest BCUT2D eigenvalue weighted by Gasteiger charge is 2.13. The van der Waals surface area contributed by atoms with E-state index in [9.17, 15) is 0 Å². The zero-order valence-electron chi connectivity index (χ0n) is 10.1. The number of nitrogens with one attached hydrogen (secondary N) is 1. The summed E-state index contributed by atoms with van der Waals surface area (Å²) < 4.78 is 2.38. The Morgan fingerprint density at radius 1 is 1.19 bits per heavy atom. The van der Waals surface area contributed by atoms with Crippen LogP contribution in [-0.4, -0.2) is 6.54 Å². The Labute approximate surface area is 115 Å². The highest BCUT2D eigenvalue weighted by atomic mass is 79.9. The molecular weight excluding hydrogens is 330 g/mol. The van der Waals surface area contributed by atoms with E-state index in [0.717, 1.165) is 13.0 Å². The second-order valence-electron chi connectivity index (χ2n) is 4.04. The van der Waals surface area contributed by atoms with Gasteiger partial charge in [-0.15, -0.1) is 0 Å². The summed E-state index contributed by atoms with van der Waals surface area (Å²) in [6.07, 6.45) is 2.27. The molecule has 16 heavy (non-hydrogen) atoms. The van der Waals surface area contributed by atoms with Crippen molar-refractivity contribution in [3.63, 3.8) is 0 Å². The SMILES string of the molecule is CCCNC(CC)c1cc(Br)c(C)cc1Br. The lowest BCUT2D eigenvalue weighted by Crippen LogP contribution is -2.21. The van der Waals surface area contributed by atoms with Crippen molar-refractivity contribution in [2.45, 2.75) is 39.7 Å². The van der Waals surface area contributed by atoms with E-state index < -0.39 is 0 Å². The summed E-state index contributed by atoms with van der Waals surface area (Å²) >= 11 is 7.25. The van der Waals surface area contributed by atoms with Crippen molar-refractivity contribution in [3.05, 3.63) is 32.2 Å². The molecule has 0 aliphatic rings. The van der Waals surface area contributed by atoms with Crippen LogP contribution < -0.4 is 5.32 Å². The molecule has 0 bridgehead atoms. The van der Waals surface area contributed by atoms with Crippen molar-refractivity contribution in [2.24, 2.45) is 0 Å². The molecule has 0 spiro atoms. The molecule has 0 radical (unpaired) electrons. The maximum Gasteiger partial charge on any atom is 0.0329 e. The lowest BCUT2D eigenvalue weighted by atomic mass is 10.0. The summed E-state index contributed by atoms with van der Waals surface area (Å²) in [5.41, 5.74) is 2.61. The Morgan fingerprint density at radius 2 is 1.88 bits per heavy atom. The van der Waals surface area contributed by atoms with Gasteiger partial charge in [-0.1, -0.05) is 45.7 Å². The number of hydrogen-bond acceptors (Lipinski definition) is 1. The van der Waals surface area contributed by atoms with Gasteiger partial charge in [0, 0.05) is 15.0 Å². The van der Waals surface area contributed by atoms with Crippen LogP contribution >= 0.6 is 31.9 Å². The van der Waals surface area contributed by atoms with Crippen LogP contribution in [-0.2, 0) is 0 Å². The van der Waals surface area contributed by atoms with Gasteiger partial charge in [0.25, 0.3) is 0 Å². The fourth-order valence-electron chi connectivity index (χ4n) is 1.72. The number of aryl methyl sites for hydroxylation is 1. The second-order valence-corrected chi connectivity index (χ2v) is 5.75. The molecule has 90 valence electrons. The Kier molecular flexibility index (Phi) is 6.01. The lowest BCUT2D eigenvalue weighted by molar-refractivity contribution is 0.516. The zero-order chi connectivity index (χ0) is 12.1. The first-order valence-electron chi connectivity index (χ1n) is 5.79. The van der Waals surface area contributed by atoms with Crippen LogP contribution in [0.15, 0.2) is 21.1 Å². The minimum Gasteiger partial charge on any atom is -0.310 e. The van der Waals surface area contributed by atoms with Crippen LogP contribution in [0, 0.1) is 6.92 Å². The van der Waals surface area contributed by atoms with Gasteiger partial charge < -0.3 is 5.32 Å². The normalized spacial score (nSPS) is 12.8. The fourth-order valence-corrected chi connectivity index (χ4v) is 2.82. The molecule has 0 saturated carbocycles. The van der Waals surface area contributed by atoms with E-state index in [-0.39, 0.29) is 0 Å². The van der Waals surface area contributed by atoms with Crippen molar-refractivity contribution in [3.8, 4) is 0 Å². The summed E-state index contributed by atoms with van der Waals surface area (Å²) in [4.78, 5) is 0. The van der Waals surface area contributed by atoms with Gasteiger partial charge in [0.15, 0.2) is 0 Å². The fraction of sp³-hybridized carbons (Fsp3) is 0.538. The van der Waals surface area contributed by atoms with Gasteiger partial charge in [-0.25, -0.2) is 0 Å². The minimum atomic E-state index is 0.436. The first-order valence-corrected chi connectivity index (χ1v) is 7.37. The molecular formula is C13H19Br2N. The predicted octanol–water partition coefficient (Wildman–Crippen LogP) is 4.97. The summed E-state index contributed by atoms with van der Waals surface area (Å²) in [5.74, 6) is 0. The second kappa shape index (κ2) is 6.77. The molecule has 3 heteroatoms. The molecule has 0 fully saturated rings. The van der Waals surface area contributed by atoms with E-state index in [1.54, 1.807) is 0 Å². The van der Waals surface area contributed by atoms with Gasteiger partial charge >= 0.3 is 0 Å². The smallest absolute Gasteiger partial charge is 0.0329 e. The summed E-state index contributed by atoms with van der Waals surface area (Å²) in [5, 5.41) is 3.57. The Hall–Kier alpha value is 0.140. The van der Waals surface area contributed by atoms with Crippen molar-refractivity contribution >= 4 is 31.9 Å². The van der Waals surface area contributed by atoms with E-state index in [2.05, 4.69) is 70.1 Å². The van der Waals surface area contributed by atoms with Gasteiger partial charge in [0.1, 0.15) is 0 Å². The average Bonchev–Trinajstić information content (AvgIpc) is 2.26. The summed E-state index contributed by atoms with van der Waals surface area (Å²) in [6.45, 7) is 7.59. The van der Waals surface area contributed by atoms with Gasteiger partial charge in [0.2, 0.25) is 0 Å². The minimum absolute atomic E-state index is 0.436.